The van der Waals surface area contributed by atoms with Crippen LogP contribution in [0.3, 0.4) is 0 Å². The van der Waals surface area contributed by atoms with E-state index in [1.165, 1.54) is 32.4 Å². The van der Waals surface area contributed by atoms with Crippen LogP contribution in [0.25, 0.3) is 0 Å². The third-order valence-electron chi connectivity index (χ3n) is 4.19. The molecule has 22 heavy (non-hydrogen) atoms. The van der Waals surface area contributed by atoms with Crippen molar-refractivity contribution in [2.45, 2.75) is 25.7 Å². The van der Waals surface area contributed by atoms with Crippen LogP contribution in [0, 0.1) is 0 Å². The number of hydrogen-bond acceptors (Lipinski definition) is 3. The number of rotatable bonds is 7. The van der Waals surface area contributed by atoms with Crippen LogP contribution in [0.2, 0.25) is 0 Å². The van der Waals surface area contributed by atoms with Gasteiger partial charge in [0, 0.05) is 18.7 Å². The Morgan fingerprint density at radius 3 is 2.41 bits per heavy atom. The molecule has 1 heterocycles. The molecular formula is C16H27N2O3S+. The van der Waals surface area contributed by atoms with Crippen molar-refractivity contribution in [2.75, 3.05) is 40.3 Å². The number of ether oxygens (including phenoxy) is 1. The molecule has 0 amide bonds. The lowest BCUT2D eigenvalue weighted by atomic mass is 10.1. The van der Waals surface area contributed by atoms with Gasteiger partial charge in [0.2, 0.25) is 0 Å². The monoisotopic (exact) mass is 327 g/mol. The van der Waals surface area contributed by atoms with E-state index in [9.17, 15) is 8.76 Å². The maximum Gasteiger partial charge on any atom is 0.363 e. The van der Waals surface area contributed by atoms with Crippen LogP contribution in [0.15, 0.2) is 24.3 Å². The Morgan fingerprint density at radius 2 is 1.82 bits per heavy atom. The van der Waals surface area contributed by atoms with Gasteiger partial charge < -0.3 is 9.64 Å². The van der Waals surface area contributed by atoms with Gasteiger partial charge in [-0.15, -0.1) is 0 Å². The zero-order valence-corrected chi connectivity index (χ0v) is 14.3. The summed E-state index contributed by atoms with van der Waals surface area (Å²) in [5, 5.41) is 0. The summed E-state index contributed by atoms with van der Waals surface area (Å²) in [6.45, 7) is 4.26. The normalized spacial score (nSPS) is 18.1. The van der Waals surface area contributed by atoms with E-state index in [4.69, 9.17) is 4.74 Å². The van der Waals surface area contributed by atoms with Gasteiger partial charge in [-0.3, -0.25) is 4.55 Å². The number of benzene rings is 1. The van der Waals surface area contributed by atoms with Crippen molar-refractivity contribution in [1.82, 2.24) is 8.79 Å². The van der Waals surface area contributed by atoms with E-state index in [0.29, 0.717) is 6.61 Å². The van der Waals surface area contributed by atoms with Gasteiger partial charge in [0.1, 0.15) is 11.4 Å². The number of piperidine rings is 1. The first-order chi connectivity index (χ1) is 10.5. The topological polar surface area (TPSA) is 49.8 Å². The van der Waals surface area contributed by atoms with Gasteiger partial charge in [-0.1, -0.05) is 6.42 Å². The predicted octanol–water partition coefficient (Wildman–Crippen LogP) is 2.65. The van der Waals surface area contributed by atoms with Crippen molar-refractivity contribution in [3.8, 4) is 5.75 Å². The molecule has 1 aromatic rings. The molecule has 1 aromatic carbocycles. The van der Waals surface area contributed by atoms with Crippen molar-refractivity contribution in [1.29, 1.82) is 0 Å². The summed E-state index contributed by atoms with van der Waals surface area (Å²) < 4.78 is 26.3. The van der Waals surface area contributed by atoms with Crippen LogP contribution in [0.5, 0.6) is 5.75 Å². The molecule has 1 unspecified atom stereocenters. The summed E-state index contributed by atoms with van der Waals surface area (Å²) in [4.78, 5) is 2.51. The Morgan fingerprint density at radius 1 is 1.18 bits per heavy atom. The largest absolute Gasteiger partial charge is 0.494 e. The molecule has 1 fully saturated rings. The van der Waals surface area contributed by atoms with Gasteiger partial charge >= 0.3 is 11.3 Å². The van der Waals surface area contributed by atoms with Crippen LogP contribution >= 0.6 is 0 Å². The molecule has 0 aliphatic carbocycles. The van der Waals surface area contributed by atoms with Crippen LogP contribution in [-0.2, 0) is 11.3 Å². The van der Waals surface area contributed by atoms with Crippen molar-refractivity contribution < 1.29 is 13.5 Å². The van der Waals surface area contributed by atoms with Crippen LogP contribution in [0.4, 0.5) is 5.69 Å². The highest BCUT2D eigenvalue weighted by molar-refractivity contribution is 7.78. The van der Waals surface area contributed by atoms with Crippen LogP contribution in [0.1, 0.15) is 25.7 Å². The number of hydrogen-bond donors (Lipinski definition) is 1. The highest BCUT2D eigenvalue weighted by Crippen LogP contribution is 2.23. The highest BCUT2D eigenvalue weighted by Gasteiger charge is 2.26. The quantitative estimate of drug-likeness (QED) is 0.475. The second-order valence-electron chi connectivity index (χ2n) is 6.18. The Hall–Kier alpha value is -0.950. The van der Waals surface area contributed by atoms with Gasteiger partial charge in [0.05, 0.1) is 20.7 Å². The van der Waals surface area contributed by atoms with Crippen LogP contribution < -0.4 is 8.63 Å². The fourth-order valence-corrected chi connectivity index (χ4v) is 2.95. The molecule has 0 bridgehead atoms. The van der Waals surface area contributed by atoms with E-state index in [1.807, 2.05) is 24.3 Å². The minimum absolute atomic E-state index is 0.0742. The van der Waals surface area contributed by atoms with Gasteiger partial charge in [-0.05, 0) is 44.5 Å². The molecule has 6 heteroatoms. The second kappa shape index (κ2) is 8.06. The minimum Gasteiger partial charge on any atom is -0.494 e. The maximum absolute atomic E-state index is 11.3. The molecule has 1 aliphatic rings. The van der Waals surface area contributed by atoms with E-state index < -0.39 is 11.3 Å². The third kappa shape index (κ3) is 4.78. The summed E-state index contributed by atoms with van der Waals surface area (Å²) >= 11 is -1.95. The summed E-state index contributed by atoms with van der Waals surface area (Å²) in [6.07, 6.45) is 5.04. The molecule has 1 N–H and O–H groups in total. The first-order valence-electron chi connectivity index (χ1n) is 7.91. The van der Waals surface area contributed by atoms with E-state index >= 15 is 0 Å². The summed E-state index contributed by atoms with van der Waals surface area (Å²) in [5.74, 6) is 0.811. The minimum atomic E-state index is -1.95. The zero-order chi connectivity index (χ0) is 16.0. The summed E-state index contributed by atoms with van der Waals surface area (Å²) in [7, 11) is 3.40. The first-order valence-corrected chi connectivity index (χ1v) is 8.98. The molecular weight excluding hydrogens is 300 g/mol. The summed E-state index contributed by atoms with van der Waals surface area (Å²) in [5.41, 5.74) is 0.779. The van der Waals surface area contributed by atoms with E-state index in [0.717, 1.165) is 24.4 Å². The lowest BCUT2D eigenvalue weighted by Gasteiger charge is -2.26. The lowest BCUT2D eigenvalue weighted by Crippen LogP contribution is -2.41. The number of likely N-dealkylation sites (tertiary alicyclic amines) is 1. The predicted molar refractivity (Wildman–Crippen MR) is 91.3 cm³/mol. The Kier molecular flexibility index (Phi) is 6.37. The van der Waals surface area contributed by atoms with E-state index in [2.05, 4.69) is 4.90 Å². The molecule has 2 rings (SSSR count). The SMILES string of the molecule is C[N+](C)(c1ccc(OCCCN2CCCCC2)cc1)S(=O)O. The van der Waals surface area contributed by atoms with Crippen molar-refractivity contribution >= 4 is 17.0 Å². The van der Waals surface area contributed by atoms with Gasteiger partial charge in [-0.2, -0.15) is 8.10 Å². The molecule has 1 aliphatic heterocycles. The molecule has 124 valence electrons. The van der Waals surface area contributed by atoms with Gasteiger partial charge in [0.15, 0.2) is 0 Å². The molecule has 0 spiro atoms. The van der Waals surface area contributed by atoms with Gasteiger partial charge in [-0.25, -0.2) is 0 Å². The standard InChI is InChI=1S/C16H26N2O3S/c1-18(2,22(19)20)15-7-9-16(10-8-15)21-14-6-13-17-11-4-3-5-12-17/h7-10H,3-6,11-14H2,1-2H3/p+1. The fraction of sp³-hybridized carbons (Fsp3) is 0.625. The average Bonchev–Trinajstić information content (AvgIpc) is 2.53. The third-order valence-corrected chi connectivity index (χ3v) is 5.18. The smallest absolute Gasteiger partial charge is 0.363 e. The zero-order valence-electron chi connectivity index (χ0n) is 13.5. The van der Waals surface area contributed by atoms with E-state index in [-0.39, 0.29) is 3.89 Å². The molecule has 1 atom stereocenters. The average molecular weight is 327 g/mol. The highest BCUT2D eigenvalue weighted by atomic mass is 32.2. The van der Waals surface area contributed by atoms with Crippen molar-refractivity contribution in [3.63, 3.8) is 0 Å². The molecule has 1 saturated heterocycles. The maximum atomic E-state index is 11.3. The first kappa shape index (κ1) is 17.4. The molecule has 0 radical (unpaired) electrons. The number of nitrogens with zero attached hydrogens (tertiary/aromatic N) is 2. The van der Waals surface area contributed by atoms with Crippen LogP contribution in [-0.4, -0.2) is 54.0 Å². The number of quaternary nitrogens is 1. The Balaban J connectivity index is 1.75. The van der Waals surface area contributed by atoms with Crippen molar-refractivity contribution in [2.24, 2.45) is 0 Å². The van der Waals surface area contributed by atoms with Gasteiger partial charge in [0.25, 0.3) is 0 Å². The van der Waals surface area contributed by atoms with E-state index in [1.54, 1.807) is 14.1 Å². The Bertz CT molecular complexity index is 485. The van der Waals surface area contributed by atoms with Crippen molar-refractivity contribution in [3.05, 3.63) is 24.3 Å². The molecule has 0 saturated carbocycles. The fourth-order valence-electron chi connectivity index (χ4n) is 2.65. The molecule has 0 aromatic heterocycles. The lowest BCUT2D eigenvalue weighted by molar-refractivity contribution is 0.205. The second-order valence-corrected chi connectivity index (χ2v) is 7.55. The Labute approximate surface area is 135 Å². The summed E-state index contributed by atoms with van der Waals surface area (Å²) in [6, 6.07) is 7.41. The molecule has 5 nitrogen and oxygen atoms in total.